The van der Waals surface area contributed by atoms with Gasteiger partial charge in [-0.05, 0) is 12.8 Å². The quantitative estimate of drug-likeness (QED) is 0.254. The van der Waals surface area contributed by atoms with Crippen LogP contribution in [0.4, 0.5) is 0 Å². The Kier molecular flexibility index (Phi) is 5.60. The maximum absolute atomic E-state index is 10.9. The number of nitrogens with two attached hydrogens (primary N) is 2. The van der Waals surface area contributed by atoms with Crippen molar-refractivity contribution in [2.45, 2.75) is 24.7 Å². The van der Waals surface area contributed by atoms with Gasteiger partial charge in [-0.2, -0.15) is 0 Å². The summed E-state index contributed by atoms with van der Waals surface area (Å²) < 4.78 is 21.3. The molecule has 0 aliphatic rings. The van der Waals surface area contributed by atoms with Crippen LogP contribution in [0.25, 0.3) is 0 Å². The third-order valence-corrected chi connectivity index (χ3v) is 4.19. The van der Waals surface area contributed by atoms with Gasteiger partial charge >= 0.3 is 15.2 Å². The van der Waals surface area contributed by atoms with Crippen molar-refractivity contribution in [2.24, 2.45) is 11.5 Å². The second kappa shape index (κ2) is 5.52. The lowest BCUT2D eigenvalue weighted by Gasteiger charge is -2.21. The van der Waals surface area contributed by atoms with Gasteiger partial charge in [0, 0.05) is 6.16 Å². The van der Waals surface area contributed by atoms with Crippen LogP contribution in [0.15, 0.2) is 0 Å². The van der Waals surface area contributed by atoms with Crippen molar-refractivity contribution in [2.75, 3.05) is 6.16 Å². The molecule has 1 unspecified atom stereocenters. The standard InChI is InChI=1S/C5H16N2O6P2/c6-5(7)4(15(11,12)13)2-1-3-14(8,9)10/h4-5H,1-3,6-7H2,(H2,8,9,10)(H2,11,12,13). The summed E-state index contributed by atoms with van der Waals surface area (Å²) in [6.07, 6.45) is -1.79. The van der Waals surface area contributed by atoms with E-state index in [-0.39, 0.29) is 12.8 Å². The molecule has 0 saturated carbocycles. The van der Waals surface area contributed by atoms with E-state index in [1.54, 1.807) is 0 Å². The maximum atomic E-state index is 10.9. The fraction of sp³-hybridized carbons (Fsp3) is 1.00. The predicted octanol–water partition coefficient (Wildman–Crippen LogP) is -1.27. The molecule has 0 amide bonds. The lowest BCUT2D eigenvalue weighted by atomic mass is 10.2. The highest BCUT2D eigenvalue weighted by Gasteiger charge is 2.32. The number of hydrogen-bond donors (Lipinski definition) is 6. The maximum Gasteiger partial charge on any atom is 0.331 e. The second-order valence-corrected chi connectivity index (χ2v) is 6.88. The van der Waals surface area contributed by atoms with E-state index in [2.05, 4.69) is 0 Å². The van der Waals surface area contributed by atoms with E-state index < -0.39 is 33.2 Å². The van der Waals surface area contributed by atoms with Crippen molar-refractivity contribution in [3.8, 4) is 0 Å². The van der Waals surface area contributed by atoms with E-state index in [1.165, 1.54) is 0 Å². The first kappa shape index (κ1) is 15.2. The molecule has 0 aromatic rings. The van der Waals surface area contributed by atoms with Crippen molar-refractivity contribution >= 4 is 15.2 Å². The summed E-state index contributed by atoms with van der Waals surface area (Å²) in [6.45, 7) is 0. The average molecular weight is 262 g/mol. The van der Waals surface area contributed by atoms with Crippen LogP contribution in [0.5, 0.6) is 0 Å². The van der Waals surface area contributed by atoms with Crippen LogP contribution in [0.1, 0.15) is 12.8 Å². The van der Waals surface area contributed by atoms with Gasteiger partial charge in [0.25, 0.3) is 0 Å². The van der Waals surface area contributed by atoms with Gasteiger partial charge in [-0.15, -0.1) is 0 Å². The van der Waals surface area contributed by atoms with E-state index in [0.717, 1.165) is 0 Å². The molecular formula is C5H16N2O6P2. The van der Waals surface area contributed by atoms with Crippen LogP contribution in [0.3, 0.4) is 0 Å². The minimum Gasteiger partial charge on any atom is -0.324 e. The SMILES string of the molecule is NC(N)C(CCCP(=O)(O)O)P(=O)(O)O. The highest BCUT2D eigenvalue weighted by Crippen LogP contribution is 2.45. The first-order valence-corrected chi connectivity index (χ1v) is 7.63. The summed E-state index contributed by atoms with van der Waals surface area (Å²) in [5, 5.41) is 0. The summed E-state index contributed by atoms with van der Waals surface area (Å²) in [7, 11) is -8.56. The lowest BCUT2D eigenvalue weighted by Crippen LogP contribution is -2.42. The molecule has 0 radical (unpaired) electrons. The zero-order chi connectivity index (χ0) is 12.3. The molecular weight excluding hydrogens is 246 g/mol. The van der Waals surface area contributed by atoms with Gasteiger partial charge in [-0.25, -0.2) is 0 Å². The van der Waals surface area contributed by atoms with Gasteiger partial charge in [0.15, 0.2) is 0 Å². The monoisotopic (exact) mass is 262 g/mol. The summed E-state index contributed by atoms with van der Waals surface area (Å²) >= 11 is 0. The first-order valence-electron chi connectivity index (χ1n) is 4.15. The highest BCUT2D eigenvalue weighted by molar-refractivity contribution is 7.52. The largest absolute Gasteiger partial charge is 0.331 e. The van der Waals surface area contributed by atoms with Crippen molar-refractivity contribution in [1.29, 1.82) is 0 Å². The second-order valence-electron chi connectivity index (χ2n) is 3.26. The van der Waals surface area contributed by atoms with E-state index in [9.17, 15) is 9.13 Å². The van der Waals surface area contributed by atoms with E-state index in [4.69, 9.17) is 31.0 Å². The Morgan fingerprint density at radius 2 is 1.53 bits per heavy atom. The topological polar surface area (TPSA) is 167 Å². The van der Waals surface area contributed by atoms with E-state index in [0.29, 0.717) is 0 Å². The molecule has 0 heterocycles. The van der Waals surface area contributed by atoms with E-state index in [1.807, 2.05) is 0 Å². The van der Waals surface area contributed by atoms with Crippen LogP contribution in [-0.4, -0.2) is 37.6 Å². The molecule has 0 aliphatic carbocycles. The van der Waals surface area contributed by atoms with Crippen molar-refractivity contribution in [3.05, 3.63) is 0 Å². The minimum atomic E-state index is -4.42. The molecule has 8 nitrogen and oxygen atoms in total. The summed E-state index contributed by atoms with van der Waals surface area (Å²) in [5.74, 6) is 0. The molecule has 1 atom stereocenters. The van der Waals surface area contributed by atoms with Gasteiger partial charge in [0.1, 0.15) is 0 Å². The molecule has 10 heteroatoms. The first-order chi connectivity index (χ1) is 6.54. The number of hydrogen-bond acceptors (Lipinski definition) is 4. The Morgan fingerprint density at radius 3 is 1.80 bits per heavy atom. The molecule has 0 rings (SSSR count). The molecule has 8 N–H and O–H groups in total. The molecule has 0 spiro atoms. The van der Waals surface area contributed by atoms with Crippen molar-refractivity contribution in [3.63, 3.8) is 0 Å². The van der Waals surface area contributed by atoms with Crippen LogP contribution in [0.2, 0.25) is 0 Å². The predicted molar refractivity (Wildman–Crippen MR) is 54.1 cm³/mol. The zero-order valence-corrected chi connectivity index (χ0v) is 9.72. The third kappa shape index (κ3) is 7.16. The van der Waals surface area contributed by atoms with Gasteiger partial charge < -0.3 is 31.0 Å². The van der Waals surface area contributed by atoms with Gasteiger partial charge in [-0.3, -0.25) is 9.13 Å². The summed E-state index contributed by atoms with van der Waals surface area (Å²) in [4.78, 5) is 34.7. The Labute approximate surface area is 87.0 Å². The van der Waals surface area contributed by atoms with Crippen LogP contribution in [0, 0.1) is 0 Å². The highest BCUT2D eigenvalue weighted by atomic mass is 31.2. The Morgan fingerprint density at radius 1 is 1.07 bits per heavy atom. The fourth-order valence-electron chi connectivity index (χ4n) is 1.09. The van der Waals surface area contributed by atoms with Gasteiger partial charge in [0.05, 0.1) is 11.8 Å². The molecule has 0 aromatic carbocycles. The van der Waals surface area contributed by atoms with Crippen LogP contribution < -0.4 is 11.5 Å². The normalized spacial score (nSPS) is 15.7. The Bertz CT molecular complexity index is 283. The molecule has 0 aromatic heterocycles. The fourth-order valence-corrected chi connectivity index (χ4v) is 2.65. The molecule has 0 saturated heterocycles. The molecule has 0 aliphatic heterocycles. The Balaban J connectivity index is 4.23. The van der Waals surface area contributed by atoms with Crippen LogP contribution in [-0.2, 0) is 9.13 Å². The van der Waals surface area contributed by atoms with Crippen molar-refractivity contribution < 1.29 is 28.7 Å². The third-order valence-electron chi connectivity index (χ3n) is 1.83. The summed E-state index contributed by atoms with van der Waals surface area (Å²) in [5.41, 5.74) is 9.07. The molecule has 0 fully saturated rings. The van der Waals surface area contributed by atoms with Gasteiger partial charge in [0.2, 0.25) is 0 Å². The van der Waals surface area contributed by atoms with Crippen LogP contribution >= 0.6 is 15.2 Å². The average Bonchev–Trinajstić information content (AvgIpc) is 1.92. The van der Waals surface area contributed by atoms with Gasteiger partial charge in [-0.1, -0.05) is 0 Å². The van der Waals surface area contributed by atoms with Crippen molar-refractivity contribution in [1.82, 2.24) is 0 Å². The minimum absolute atomic E-state index is 0.0368. The lowest BCUT2D eigenvalue weighted by molar-refractivity contribution is 0.340. The molecule has 92 valence electrons. The van der Waals surface area contributed by atoms with E-state index >= 15 is 0 Å². The Hall–Kier alpha value is 0.220. The molecule has 0 bridgehead atoms. The smallest absolute Gasteiger partial charge is 0.324 e. The number of rotatable bonds is 6. The zero-order valence-electron chi connectivity index (χ0n) is 7.93. The molecule has 15 heavy (non-hydrogen) atoms. The summed E-state index contributed by atoms with van der Waals surface area (Å²) in [6, 6.07) is 0.